The Labute approximate surface area is 293 Å². The van der Waals surface area contributed by atoms with Crippen LogP contribution in [-0.4, -0.2) is 83.5 Å². The highest BCUT2D eigenvalue weighted by molar-refractivity contribution is 5.95. The molecule has 260 valence electrons. The summed E-state index contributed by atoms with van der Waals surface area (Å²) < 4.78 is 0. The number of carbonyl (C=O) groups is 5. The Bertz CT molecular complexity index is 1740. The van der Waals surface area contributed by atoms with Crippen LogP contribution in [-0.2, 0) is 43.2 Å². The number of nitrogens with two attached hydrogens (primary N) is 1. The molecule has 0 spiro atoms. The Hall–Kier alpha value is -5.77. The number of hydrogen-bond acceptors (Lipinski definition) is 5. The molecule has 0 fully saturated rings. The molecule has 4 atom stereocenters. The van der Waals surface area contributed by atoms with E-state index in [-0.39, 0.29) is 19.3 Å². The Morgan fingerprint density at radius 1 is 0.520 bits per heavy atom. The van der Waals surface area contributed by atoms with Crippen LogP contribution >= 0.6 is 0 Å². The molecule has 4 aromatic carbocycles. The fourth-order valence-corrected chi connectivity index (χ4v) is 5.99. The summed E-state index contributed by atoms with van der Waals surface area (Å²) in [4.78, 5) is 72.3. The van der Waals surface area contributed by atoms with Crippen LogP contribution in [0.3, 0.4) is 0 Å². The fraction of sp³-hybridized carbons (Fsp3) is 0.275. The second-order valence-electron chi connectivity index (χ2n) is 12.4. The van der Waals surface area contributed by atoms with Crippen molar-refractivity contribution in [2.75, 3.05) is 21.1 Å². The summed E-state index contributed by atoms with van der Waals surface area (Å²) in [7, 11) is 4.59. The van der Waals surface area contributed by atoms with Gasteiger partial charge in [0.1, 0.15) is 24.2 Å². The first-order valence-electron chi connectivity index (χ1n) is 16.5. The second-order valence-corrected chi connectivity index (χ2v) is 12.4. The van der Waals surface area contributed by atoms with E-state index in [4.69, 9.17) is 5.73 Å². The van der Waals surface area contributed by atoms with Crippen molar-refractivity contribution in [2.24, 2.45) is 5.73 Å². The van der Waals surface area contributed by atoms with Gasteiger partial charge in [0, 0.05) is 47.3 Å². The van der Waals surface area contributed by atoms with Crippen molar-refractivity contribution in [1.82, 2.24) is 20.0 Å². The van der Waals surface area contributed by atoms with Crippen molar-refractivity contribution in [3.8, 4) is 0 Å². The smallest absolute Gasteiger partial charge is 0.250 e. The molecule has 10 nitrogen and oxygen atoms in total. The predicted octanol–water partition coefficient (Wildman–Crippen LogP) is 3.56. The van der Waals surface area contributed by atoms with Crippen LogP contribution in [0.2, 0.25) is 0 Å². The third-order valence-corrected chi connectivity index (χ3v) is 8.89. The lowest BCUT2D eigenvalue weighted by atomic mass is 9.98. The number of nitrogens with zero attached hydrogens (tertiary/aromatic N) is 3. The van der Waals surface area contributed by atoms with E-state index in [1.807, 2.05) is 97.1 Å². The molecular formula is C40H45N5O5. The summed E-state index contributed by atoms with van der Waals surface area (Å²) in [6, 6.07) is 32.5. The van der Waals surface area contributed by atoms with Crippen LogP contribution in [0.1, 0.15) is 35.2 Å². The number of benzene rings is 4. The zero-order valence-electron chi connectivity index (χ0n) is 28.9. The van der Waals surface area contributed by atoms with Gasteiger partial charge in [-0.25, -0.2) is 0 Å². The average Bonchev–Trinajstić information content (AvgIpc) is 3.13. The Morgan fingerprint density at radius 3 is 1.20 bits per heavy atom. The van der Waals surface area contributed by atoms with Crippen LogP contribution in [0.4, 0.5) is 0 Å². The van der Waals surface area contributed by atoms with Crippen molar-refractivity contribution in [3.63, 3.8) is 0 Å². The second kappa shape index (κ2) is 17.6. The molecule has 0 saturated carbocycles. The van der Waals surface area contributed by atoms with Crippen LogP contribution in [0, 0.1) is 0 Å². The van der Waals surface area contributed by atoms with Gasteiger partial charge < -0.3 is 25.8 Å². The third kappa shape index (κ3) is 9.65. The number of rotatable bonds is 15. The van der Waals surface area contributed by atoms with E-state index < -0.39 is 53.7 Å². The van der Waals surface area contributed by atoms with Gasteiger partial charge in [-0.15, -0.1) is 0 Å². The van der Waals surface area contributed by atoms with Gasteiger partial charge in [0.25, 0.3) is 0 Å². The number of hydrogen-bond donors (Lipinski definition) is 2. The first-order chi connectivity index (χ1) is 24.0. The van der Waals surface area contributed by atoms with Crippen molar-refractivity contribution < 1.29 is 24.0 Å². The van der Waals surface area contributed by atoms with E-state index in [1.54, 1.807) is 24.3 Å². The largest absolute Gasteiger partial charge is 0.368 e. The standard InChI is InChI=1S/C40H45N5O5/c1-28(46)42-36(32-23-15-8-16-24-32)40(50)45(4)35(27-31-21-13-7-14-22-31)39(49)44(3)34(26-30-19-11-6-12-20-30)38(48)43(2)33(37(41)47)25-29-17-9-5-10-18-29/h5-24,33-36H,25-27H2,1-4H3,(H2,41,47)(H,42,46)/t33-,34-,35-,36-/m0/s1. The minimum Gasteiger partial charge on any atom is -0.368 e. The van der Waals surface area contributed by atoms with Gasteiger partial charge >= 0.3 is 0 Å². The maximum absolute atomic E-state index is 14.7. The van der Waals surface area contributed by atoms with Crippen molar-refractivity contribution in [1.29, 1.82) is 0 Å². The molecule has 0 aliphatic carbocycles. The van der Waals surface area contributed by atoms with Crippen LogP contribution in [0.25, 0.3) is 0 Å². The van der Waals surface area contributed by atoms with Gasteiger partial charge in [-0.3, -0.25) is 24.0 Å². The molecule has 5 amide bonds. The Morgan fingerprint density at radius 2 is 0.840 bits per heavy atom. The summed E-state index contributed by atoms with van der Waals surface area (Å²) in [5.74, 6) is -2.53. The van der Waals surface area contributed by atoms with Gasteiger partial charge in [0.15, 0.2) is 0 Å². The van der Waals surface area contributed by atoms with Gasteiger partial charge in [-0.05, 0) is 22.3 Å². The predicted molar refractivity (Wildman–Crippen MR) is 192 cm³/mol. The topological polar surface area (TPSA) is 133 Å². The highest BCUT2D eigenvalue weighted by Crippen LogP contribution is 2.22. The molecule has 10 heteroatoms. The molecule has 3 N–H and O–H groups in total. The van der Waals surface area contributed by atoms with Crippen LogP contribution < -0.4 is 11.1 Å². The number of likely N-dealkylation sites (N-methyl/N-ethyl adjacent to an activating group) is 3. The minimum atomic E-state index is -1.05. The summed E-state index contributed by atoms with van der Waals surface area (Å²) in [6.07, 6.45) is 0.497. The normalized spacial score (nSPS) is 13.2. The third-order valence-electron chi connectivity index (χ3n) is 8.89. The number of amides is 5. The first-order valence-corrected chi connectivity index (χ1v) is 16.5. The molecule has 0 radical (unpaired) electrons. The van der Waals surface area contributed by atoms with E-state index >= 15 is 0 Å². The summed E-state index contributed by atoms with van der Waals surface area (Å²) in [5.41, 5.74) is 8.84. The minimum absolute atomic E-state index is 0.147. The fourth-order valence-electron chi connectivity index (χ4n) is 5.99. The SMILES string of the molecule is CC(=O)N[C@H](C(=O)N(C)[C@@H](Cc1ccccc1)C(=O)N(C)[C@@H](Cc1ccccc1)C(=O)N(C)[C@@H](Cc1ccccc1)C(N)=O)c1ccccc1. The van der Waals surface area contributed by atoms with E-state index in [1.165, 1.54) is 42.8 Å². The van der Waals surface area contributed by atoms with Gasteiger partial charge in [0.2, 0.25) is 29.5 Å². The summed E-state index contributed by atoms with van der Waals surface area (Å²) >= 11 is 0. The van der Waals surface area contributed by atoms with Crippen LogP contribution in [0.15, 0.2) is 121 Å². The van der Waals surface area contributed by atoms with E-state index in [9.17, 15) is 24.0 Å². The molecule has 4 rings (SSSR count). The van der Waals surface area contributed by atoms with Crippen molar-refractivity contribution in [3.05, 3.63) is 144 Å². The zero-order valence-corrected chi connectivity index (χ0v) is 28.9. The molecule has 0 aliphatic rings. The lowest BCUT2D eigenvalue weighted by molar-refractivity contribution is -0.152. The van der Waals surface area contributed by atoms with E-state index in [0.29, 0.717) is 5.56 Å². The van der Waals surface area contributed by atoms with Gasteiger partial charge in [0.05, 0.1) is 0 Å². The number of primary amides is 1. The highest BCUT2D eigenvalue weighted by atomic mass is 16.2. The molecular weight excluding hydrogens is 630 g/mol. The molecule has 0 saturated heterocycles. The molecule has 0 unspecified atom stereocenters. The molecule has 0 bridgehead atoms. The maximum atomic E-state index is 14.7. The molecule has 0 aliphatic heterocycles. The van der Waals surface area contributed by atoms with Crippen molar-refractivity contribution >= 4 is 29.5 Å². The molecule has 50 heavy (non-hydrogen) atoms. The molecule has 0 heterocycles. The number of nitrogens with one attached hydrogen (secondary N) is 1. The van der Waals surface area contributed by atoms with E-state index in [0.717, 1.165) is 16.7 Å². The average molecular weight is 676 g/mol. The maximum Gasteiger partial charge on any atom is 0.250 e. The monoisotopic (exact) mass is 675 g/mol. The Kier molecular flexibility index (Phi) is 13.0. The first kappa shape index (κ1) is 37.1. The van der Waals surface area contributed by atoms with Gasteiger partial charge in [-0.1, -0.05) is 121 Å². The highest BCUT2D eigenvalue weighted by Gasteiger charge is 2.39. The molecule has 0 aromatic heterocycles. The zero-order chi connectivity index (χ0) is 36.2. The lowest BCUT2D eigenvalue weighted by Gasteiger charge is -2.38. The lowest BCUT2D eigenvalue weighted by Crippen LogP contribution is -2.59. The van der Waals surface area contributed by atoms with Crippen molar-refractivity contribution in [2.45, 2.75) is 50.4 Å². The molecule has 4 aromatic rings. The number of carbonyl (C=O) groups excluding carboxylic acids is 5. The quantitative estimate of drug-likeness (QED) is 0.199. The van der Waals surface area contributed by atoms with Crippen LogP contribution in [0.5, 0.6) is 0 Å². The van der Waals surface area contributed by atoms with Gasteiger partial charge in [-0.2, -0.15) is 0 Å². The Balaban J connectivity index is 1.72. The summed E-state index contributed by atoms with van der Waals surface area (Å²) in [6.45, 7) is 1.33. The van der Waals surface area contributed by atoms with E-state index in [2.05, 4.69) is 5.32 Å². The summed E-state index contributed by atoms with van der Waals surface area (Å²) in [5, 5.41) is 2.74.